The normalized spacial score (nSPS) is 18.8. The van der Waals surface area contributed by atoms with Gasteiger partial charge in [-0.3, -0.25) is 0 Å². The van der Waals surface area contributed by atoms with Gasteiger partial charge < -0.3 is 29.6 Å². The van der Waals surface area contributed by atoms with Gasteiger partial charge in [-0.25, -0.2) is 13.2 Å². The topological polar surface area (TPSA) is 142 Å². The van der Waals surface area contributed by atoms with Crippen LogP contribution in [0.4, 0.5) is 13.2 Å². The smallest absolute Gasteiger partial charge is 0.430 e. The molecular weight excluding hydrogens is 609 g/mol. The van der Waals surface area contributed by atoms with Gasteiger partial charge in [0.2, 0.25) is 0 Å². The van der Waals surface area contributed by atoms with Crippen molar-refractivity contribution in [1.82, 2.24) is 4.57 Å². The standard InChI is InChI=1S/C27H34N2O5S2.C2HF3O2/c1-34-17-29-23(20-10-6-3-7-11-20)22(19-8-4-2-5-9-19)26-24(29)21(25(35-26)27(30)31)15-28-14-18-12-13-36(32,33)16-18;3-2(4,5)1(6)7/h3,6-7,10-11,18-19,28H,2,4-5,8-9,12-17H2,1H3,(H,30,31);(H,6,7). The Hall–Kier alpha value is -2.94. The van der Waals surface area contributed by atoms with E-state index in [1.165, 1.54) is 36.2 Å². The summed E-state index contributed by atoms with van der Waals surface area (Å²) in [4.78, 5) is 21.6. The largest absolute Gasteiger partial charge is 0.542 e. The molecule has 2 fully saturated rings. The van der Waals surface area contributed by atoms with E-state index in [0.717, 1.165) is 39.9 Å². The molecule has 43 heavy (non-hydrogen) atoms. The summed E-state index contributed by atoms with van der Waals surface area (Å²) in [7, 11) is -1.25. The van der Waals surface area contributed by atoms with Gasteiger partial charge in [0.25, 0.3) is 0 Å². The Morgan fingerprint density at radius 3 is 2.33 bits per heavy atom. The number of carboxylic acid groups (broad SMARTS) is 2. The number of quaternary nitrogens is 1. The zero-order valence-electron chi connectivity index (χ0n) is 23.7. The fraction of sp³-hybridized carbons (Fsp3) is 0.517. The number of aromatic nitrogens is 1. The molecule has 236 valence electrons. The van der Waals surface area contributed by atoms with Crippen LogP contribution >= 0.6 is 11.3 Å². The molecular formula is C29H35F3N2O7S2. The maximum absolute atomic E-state index is 12.4. The first-order valence-corrected chi connectivity index (χ1v) is 16.7. The molecule has 3 N–H and O–H groups in total. The van der Waals surface area contributed by atoms with Gasteiger partial charge >= 0.3 is 12.1 Å². The monoisotopic (exact) mass is 644 g/mol. The van der Waals surface area contributed by atoms with Crippen molar-refractivity contribution in [3.8, 4) is 11.3 Å². The SMILES string of the molecule is COCn1c(-c2ccccc2)c(C2CCCCC2)c2sc(C(=O)O)c(C[NH2+]CC3CCS(=O)(=O)C3)c21.O=C([O-])C(F)(F)F. The molecule has 5 rings (SSSR count). The van der Waals surface area contributed by atoms with E-state index in [0.29, 0.717) is 37.0 Å². The number of nitrogens with zero attached hydrogens (tertiary/aromatic N) is 1. The third-order valence-electron chi connectivity index (χ3n) is 7.94. The van der Waals surface area contributed by atoms with Crippen molar-refractivity contribution in [2.75, 3.05) is 25.2 Å². The number of fused-ring (bicyclic) bond motifs is 1. The second-order valence-electron chi connectivity index (χ2n) is 11.0. The summed E-state index contributed by atoms with van der Waals surface area (Å²) in [6.45, 7) is 1.53. The number of thiophene rings is 1. The number of nitrogens with two attached hydrogens (primary N) is 1. The van der Waals surface area contributed by atoms with Crippen LogP contribution in [0.5, 0.6) is 0 Å². The van der Waals surface area contributed by atoms with Gasteiger partial charge in [0, 0.05) is 13.0 Å². The van der Waals surface area contributed by atoms with Crippen molar-refractivity contribution in [2.45, 2.75) is 63.9 Å². The number of rotatable bonds is 9. The molecule has 1 atom stereocenters. The minimum Gasteiger partial charge on any atom is -0.542 e. The van der Waals surface area contributed by atoms with Gasteiger partial charge in [0.1, 0.15) is 24.1 Å². The highest BCUT2D eigenvalue weighted by Crippen LogP contribution is 2.48. The molecule has 14 heteroatoms. The Balaban J connectivity index is 0.000000541. The second-order valence-corrected chi connectivity index (χ2v) is 14.2. The quantitative estimate of drug-likeness (QED) is 0.363. The van der Waals surface area contributed by atoms with Crippen LogP contribution in [0.1, 0.15) is 65.2 Å². The van der Waals surface area contributed by atoms with E-state index in [4.69, 9.17) is 14.6 Å². The first kappa shape index (κ1) is 33.0. The van der Waals surface area contributed by atoms with Crippen LogP contribution in [-0.2, 0) is 32.6 Å². The van der Waals surface area contributed by atoms with Gasteiger partial charge in [0.05, 0.1) is 39.5 Å². The van der Waals surface area contributed by atoms with Crippen molar-refractivity contribution >= 4 is 43.3 Å². The highest BCUT2D eigenvalue weighted by molar-refractivity contribution is 7.91. The molecule has 3 aromatic rings. The summed E-state index contributed by atoms with van der Waals surface area (Å²) in [5.41, 5.74) is 5.33. The van der Waals surface area contributed by atoms with Gasteiger partial charge in [-0.2, -0.15) is 13.2 Å². The molecule has 1 aliphatic carbocycles. The van der Waals surface area contributed by atoms with Crippen LogP contribution in [0.15, 0.2) is 30.3 Å². The van der Waals surface area contributed by atoms with E-state index >= 15 is 0 Å². The Bertz CT molecular complexity index is 1540. The maximum atomic E-state index is 12.4. The number of ether oxygens (including phenoxy) is 1. The second kappa shape index (κ2) is 13.8. The number of alkyl halides is 3. The van der Waals surface area contributed by atoms with E-state index in [2.05, 4.69) is 22.0 Å². The molecule has 0 radical (unpaired) electrons. The van der Waals surface area contributed by atoms with Gasteiger partial charge in [0.15, 0.2) is 9.84 Å². The Morgan fingerprint density at radius 2 is 1.79 bits per heavy atom. The summed E-state index contributed by atoms with van der Waals surface area (Å²) in [5.74, 6) is -2.89. The summed E-state index contributed by atoms with van der Waals surface area (Å²) in [6, 6.07) is 10.4. The molecule has 1 aliphatic heterocycles. The predicted octanol–water partition coefficient (Wildman–Crippen LogP) is 3.52. The number of carbonyl (C=O) groups excluding carboxylic acids is 1. The first-order chi connectivity index (χ1) is 20.3. The number of halogens is 3. The molecule has 0 bridgehead atoms. The number of methoxy groups -OCH3 is 1. The lowest BCUT2D eigenvalue weighted by atomic mass is 9.83. The molecule has 2 aromatic heterocycles. The van der Waals surface area contributed by atoms with Crippen LogP contribution in [0.25, 0.3) is 21.5 Å². The van der Waals surface area contributed by atoms with Crippen molar-refractivity contribution in [2.24, 2.45) is 5.92 Å². The lowest BCUT2D eigenvalue weighted by molar-refractivity contribution is -0.675. The van der Waals surface area contributed by atoms with Crippen LogP contribution in [-0.4, -0.2) is 61.4 Å². The summed E-state index contributed by atoms with van der Waals surface area (Å²) in [5, 5.41) is 21.0. The number of carbonyl (C=O) groups is 2. The highest BCUT2D eigenvalue weighted by atomic mass is 32.2. The van der Waals surface area contributed by atoms with Gasteiger partial charge in [-0.15, -0.1) is 11.3 Å². The molecule has 2 aliphatic rings. The number of hydrogen-bond acceptors (Lipinski definition) is 7. The van der Waals surface area contributed by atoms with Crippen LogP contribution in [0, 0.1) is 5.92 Å². The molecule has 0 spiro atoms. The summed E-state index contributed by atoms with van der Waals surface area (Å²) < 4.78 is 64.2. The number of hydrogen-bond donors (Lipinski definition) is 2. The van der Waals surface area contributed by atoms with Gasteiger partial charge in [-0.05, 0) is 36.3 Å². The van der Waals surface area contributed by atoms with E-state index in [1.807, 2.05) is 18.2 Å². The number of aliphatic carboxylic acids is 1. The minimum atomic E-state index is -5.19. The minimum absolute atomic E-state index is 0.126. The number of carboxylic acids is 2. The molecule has 3 heterocycles. The molecule has 1 unspecified atom stereocenters. The Kier molecular flexibility index (Phi) is 10.6. The third kappa shape index (κ3) is 7.78. The van der Waals surface area contributed by atoms with Crippen LogP contribution in [0.3, 0.4) is 0 Å². The number of aromatic carboxylic acids is 1. The number of benzene rings is 1. The van der Waals surface area contributed by atoms with Crippen molar-refractivity contribution < 1.29 is 51.4 Å². The average Bonchev–Trinajstić information content (AvgIpc) is 3.60. The van der Waals surface area contributed by atoms with E-state index in [1.54, 1.807) is 7.11 Å². The van der Waals surface area contributed by atoms with Crippen LogP contribution < -0.4 is 10.4 Å². The fourth-order valence-electron chi connectivity index (χ4n) is 6.11. The lowest BCUT2D eigenvalue weighted by Gasteiger charge is -2.23. The predicted molar refractivity (Wildman–Crippen MR) is 153 cm³/mol. The van der Waals surface area contributed by atoms with Crippen molar-refractivity contribution in [3.63, 3.8) is 0 Å². The maximum Gasteiger partial charge on any atom is 0.430 e. The van der Waals surface area contributed by atoms with E-state index in [9.17, 15) is 31.5 Å². The zero-order chi connectivity index (χ0) is 31.4. The summed E-state index contributed by atoms with van der Waals surface area (Å²) in [6.07, 6.45) is 1.36. The number of sulfone groups is 1. The fourth-order valence-corrected chi connectivity index (χ4v) is 9.29. The molecule has 1 saturated carbocycles. The van der Waals surface area contributed by atoms with E-state index in [-0.39, 0.29) is 17.4 Å². The van der Waals surface area contributed by atoms with Gasteiger partial charge in [-0.1, -0.05) is 49.6 Å². The molecule has 9 nitrogen and oxygen atoms in total. The van der Waals surface area contributed by atoms with Crippen molar-refractivity contribution in [1.29, 1.82) is 0 Å². The Labute approximate surface area is 251 Å². The molecule has 0 amide bonds. The lowest BCUT2D eigenvalue weighted by Crippen LogP contribution is -2.84. The first-order valence-electron chi connectivity index (χ1n) is 14.1. The summed E-state index contributed by atoms with van der Waals surface area (Å²) >= 11 is 1.40. The Morgan fingerprint density at radius 1 is 1.14 bits per heavy atom. The average molecular weight is 645 g/mol. The van der Waals surface area contributed by atoms with E-state index < -0.39 is 28.0 Å². The highest BCUT2D eigenvalue weighted by Gasteiger charge is 2.33. The third-order valence-corrected chi connectivity index (χ3v) is 11.0. The van der Waals surface area contributed by atoms with Crippen LogP contribution in [0.2, 0.25) is 0 Å². The molecule has 1 aromatic carbocycles. The zero-order valence-corrected chi connectivity index (χ0v) is 25.3. The molecule has 1 saturated heterocycles. The van der Waals surface area contributed by atoms with Crippen molar-refractivity contribution in [3.05, 3.63) is 46.3 Å².